The van der Waals surface area contributed by atoms with Crippen LogP contribution in [-0.4, -0.2) is 11.5 Å². The Hall–Kier alpha value is -0.570. The van der Waals surface area contributed by atoms with Crippen LogP contribution < -0.4 is 5.32 Å². The number of anilines is 1. The van der Waals surface area contributed by atoms with E-state index < -0.39 is 0 Å². The number of hydrogen-bond acceptors (Lipinski definition) is 3. The summed E-state index contributed by atoms with van der Waals surface area (Å²) in [7, 11) is 0. The summed E-state index contributed by atoms with van der Waals surface area (Å²) in [5.41, 5.74) is 1.39. The molecule has 2 rings (SSSR count). The molecule has 0 saturated heterocycles. The third kappa shape index (κ3) is 4.27. The van der Waals surface area contributed by atoms with Crippen LogP contribution in [-0.2, 0) is 12.8 Å². The topological polar surface area (TPSA) is 24.9 Å². The molecule has 3 heteroatoms. The van der Waals surface area contributed by atoms with E-state index >= 15 is 0 Å². The smallest absolute Gasteiger partial charge is 0.183 e. The van der Waals surface area contributed by atoms with Crippen molar-refractivity contribution in [3.63, 3.8) is 0 Å². The van der Waals surface area contributed by atoms with Crippen LogP contribution in [0.15, 0.2) is 0 Å². The van der Waals surface area contributed by atoms with Crippen molar-refractivity contribution in [2.24, 2.45) is 0 Å². The van der Waals surface area contributed by atoms with Crippen molar-refractivity contribution in [1.29, 1.82) is 0 Å². The lowest BCUT2D eigenvalue weighted by Gasteiger charge is -2.06. The zero-order chi connectivity index (χ0) is 12.6. The zero-order valence-electron chi connectivity index (χ0n) is 11.6. The fraction of sp³-hybridized carbons (Fsp3) is 0.800. The summed E-state index contributed by atoms with van der Waals surface area (Å²) in [6.45, 7) is 3.12. The van der Waals surface area contributed by atoms with E-state index in [4.69, 9.17) is 4.98 Å². The molecular weight excluding hydrogens is 240 g/mol. The van der Waals surface area contributed by atoms with Crippen molar-refractivity contribution in [2.75, 3.05) is 11.9 Å². The second-order valence-electron chi connectivity index (χ2n) is 5.25. The van der Waals surface area contributed by atoms with Crippen LogP contribution in [0.5, 0.6) is 0 Å². The van der Waals surface area contributed by atoms with E-state index in [1.165, 1.54) is 69.9 Å². The van der Waals surface area contributed by atoms with Crippen LogP contribution >= 0.6 is 11.3 Å². The largest absolute Gasteiger partial charge is 0.362 e. The number of nitrogens with one attached hydrogen (secondary N) is 1. The molecule has 1 aliphatic carbocycles. The lowest BCUT2D eigenvalue weighted by molar-refractivity contribution is 0.559. The molecule has 0 bridgehead atoms. The maximum absolute atomic E-state index is 4.78. The molecule has 0 unspecified atom stereocenters. The summed E-state index contributed by atoms with van der Waals surface area (Å²) in [5.74, 6) is 0. The van der Waals surface area contributed by atoms with Gasteiger partial charge in [-0.05, 0) is 32.6 Å². The average Bonchev–Trinajstić information content (AvgIpc) is 2.72. The van der Waals surface area contributed by atoms with Gasteiger partial charge in [-0.3, -0.25) is 0 Å². The van der Waals surface area contributed by atoms with Crippen molar-refractivity contribution < 1.29 is 0 Å². The number of nitrogens with zero attached hydrogens (tertiary/aromatic N) is 1. The van der Waals surface area contributed by atoms with Crippen molar-refractivity contribution >= 4 is 16.5 Å². The van der Waals surface area contributed by atoms with E-state index in [9.17, 15) is 0 Å². The standard InChI is InChI=1S/C15H26N2S/c1-2-16-15-17-13-11-9-7-5-3-4-6-8-10-12-14(13)18-15/h2-12H2,1H3,(H,16,17). The van der Waals surface area contributed by atoms with E-state index in [1.54, 1.807) is 4.88 Å². The Morgan fingerprint density at radius 3 is 2.22 bits per heavy atom. The van der Waals surface area contributed by atoms with Gasteiger partial charge < -0.3 is 5.32 Å². The summed E-state index contributed by atoms with van der Waals surface area (Å²) >= 11 is 1.89. The van der Waals surface area contributed by atoms with Gasteiger partial charge in [0.05, 0.1) is 5.69 Å². The summed E-state index contributed by atoms with van der Waals surface area (Å²) in [6, 6.07) is 0. The molecule has 0 radical (unpaired) electrons. The van der Waals surface area contributed by atoms with E-state index in [2.05, 4.69) is 12.2 Å². The third-order valence-corrected chi connectivity index (χ3v) is 4.79. The lowest BCUT2D eigenvalue weighted by atomic mass is 10.0. The first kappa shape index (κ1) is 13.9. The highest BCUT2D eigenvalue weighted by Gasteiger charge is 2.11. The second kappa shape index (κ2) is 7.78. The number of thiazole rings is 1. The Morgan fingerprint density at radius 1 is 0.944 bits per heavy atom. The SMILES string of the molecule is CCNc1nc2c(s1)CCCCCCCCCC2. The average molecular weight is 266 g/mol. The molecule has 1 aromatic rings. The van der Waals surface area contributed by atoms with E-state index in [0.29, 0.717) is 0 Å². The summed E-state index contributed by atoms with van der Waals surface area (Å²) in [4.78, 5) is 6.32. The number of hydrogen-bond donors (Lipinski definition) is 1. The minimum Gasteiger partial charge on any atom is -0.362 e. The molecule has 1 heterocycles. The number of fused-ring (bicyclic) bond motifs is 1. The first-order chi connectivity index (χ1) is 8.90. The predicted octanol–water partition coefficient (Wildman–Crippen LogP) is 4.79. The number of rotatable bonds is 2. The number of aryl methyl sites for hydroxylation is 2. The number of aromatic nitrogens is 1. The monoisotopic (exact) mass is 266 g/mol. The molecule has 0 spiro atoms. The highest BCUT2D eigenvalue weighted by atomic mass is 32.1. The van der Waals surface area contributed by atoms with Crippen molar-refractivity contribution in [3.05, 3.63) is 10.6 Å². The van der Waals surface area contributed by atoms with Gasteiger partial charge in [-0.25, -0.2) is 4.98 Å². The second-order valence-corrected chi connectivity index (χ2v) is 6.33. The fourth-order valence-electron chi connectivity index (χ4n) is 2.64. The van der Waals surface area contributed by atoms with Crippen LogP contribution in [0.25, 0.3) is 0 Å². The molecule has 0 saturated carbocycles. The van der Waals surface area contributed by atoms with Crippen LogP contribution in [0.3, 0.4) is 0 Å². The Bertz CT molecular complexity index is 317. The zero-order valence-corrected chi connectivity index (χ0v) is 12.5. The summed E-state index contributed by atoms with van der Waals surface area (Å²) < 4.78 is 0. The van der Waals surface area contributed by atoms with Gasteiger partial charge in [0.2, 0.25) is 0 Å². The molecule has 1 N–H and O–H groups in total. The maximum Gasteiger partial charge on any atom is 0.183 e. The van der Waals surface area contributed by atoms with Gasteiger partial charge in [0.1, 0.15) is 0 Å². The molecule has 0 aliphatic heterocycles. The molecule has 1 aliphatic rings. The van der Waals surface area contributed by atoms with Gasteiger partial charge in [-0.2, -0.15) is 0 Å². The molecule has 102 valence electrons. The van der Waals surface area contributed by atoms with Crippen molar-refractivity contribution in [1.82, 2.24) is 4.98 Å². The fourth-order valence-corrected chi connectivity index (χ4v) is 3.76. The van der Waals surface area contributed by atoms with Gasteiger partial charge in [0, 0.05) is 11.4 Å². The maximum atomic E-state index is 4.78. The quantitative estimate of drug-likeness (QED) is 0.832. The molecule has 0 amide bonds. The lowest BCUT2D eigenvalue weighted by Crippen LogP contribution is -1.97. The first-order valence-electron chi connectivity index (χ1n) is 7.62. The molecule has 0 aromatic carbocycles. The molecule has 0 atom stereocenters. The van der Waals surface area contributed by atoms with Gasteiger partial charge in [-0.15, -0.1) is 11.3 Å². The van der Waals surface area contributed by atoms with Gasteiger partial charge >= 0.3 is 0 Å². The van der Waals surface area contributed by atoms with Gasteiger partial charge in [-0.1, -0.05) is 38.5 Å². The molecule has 2 nitrogen and oxygen atoms in total. The predicted molar refractivity (Wildman–Crippen MR) is 80.6 cm³/mol. The van der Waals surface area contributed by atoms with E-state index in [1.807, 2.05) is 11.3 Å². The minimum absolute atomic E-state index is 0.979. The van der Waals surface area contributed by atoms with Crippen LogP contribution in [0.1, 0.15) is 68.9 Å². The van der Waals surface area contributed by atoms with Crippen LogP contribution in [0.4, 0.5) is 5.13 Å². The van der Waals surface area contributed by atoms with Crippen LogP contribution in [0.2, 0.25) is 0 Å². The summed E-state index contributed by atoms with van der Waals surface area (Å²) in [6.07, 6.45) is 13.6. The van der Waals surface area contributed by atoms with Crippen molar-refractivity contribution in [3.8, 4) is 0 Å². The molecule has 18 heavy (non-hydrogen) atoms. The van der Waals surface area contributed by atoms with Crippen LogP contribution in [0, 0.1) is 0 Å². The van der Waals surface area contributed by atoms with E-state index in [0.717, 1.165) is 11.7 Å². The Labute approximate surface area is 115 Å². The Morgan fingerprint density at radius 2 is 1.56 bits per heavy atom. The Balaban J connectivity index is 2.00. The highest BCUT2D eigenvalue weighted by molar-refractivity contribution is 7.15. The van der Waals surface area contributed by atoms with E-state index in [-0.39, 0.29) is 0 Å². The highest BCUT2D eigenvalue weighted by Crippen LogP contribution is 2.27. The third-order valence-electron chi connectivity index (χ3n) is 3.67. The summed E-state index contributed by atoms with van der Waals surface area (Å²) in [5, 5.41) is 4.51. The molecular formula is C15H26N2S. The first-order valence-corrected chi connectivity index (χ1v) is 8.44. The van der Waals surface area contributed by atoms with Crippen molar-refractivity contribution in [2.45, 2.75) is 71.1 Å². The Kier molecular flexibility index (Phi) is 5.98. The normalized spacial score (nSPS) is 18.5. The molecule has 0 fully saturated rings. The molecule has 1 aromatic heterocycles. The van der Waals surface area contributed by atoms with Gasteiger partial charge in [0.15, 0.2) is 5.13 Å². The minimum atomic E-state index is 0.979. The van der Waals surface area contributed by atoms with Gasteiger partial charge in [0.25, 0.3) is 0 Å².